The van der Waals surface area contributed by atoms with E-state index >= 15 is 0 Å². The molecule has 0 radical (unpaired) electrons. The van der Waals surface area contributed by atoms with E-state index in [9.17, 15) is 0 Å². The maximum absolute atomic E-state index is 5.66. The van der Waals surface area contributed by atoms with Crippen molar-refractivity contribution in [2.75, 3.05) is 11.2 Å². The van der Waals surface area contributed by atoms with Crippen molar-refractivity contribution in [3.63, 3.8) is 0 Å². The number of anilines is 1. The topological polar surface area (TPSA) is 37.8 Å². The highest BCUT2D eigenvalue weighted by molar-refractivity contribution is 6.18. The number of nitrogens with zero attached hydrogens (tertiary/aromatic N) is 2. The van der Waals surface area contributed by atoms with E-state index in [0.29, 0.717) is 5.88 Å². The zero-order valence-electron chi connectivity index (χ0n) is 8.13. The summed E-state index contributed by atoms with van der Waals surface area (Å²) in [6, 6.07) is 0.220. The van der Waals surface area contributed by atoms with Gasteiger partial charge < -0.3 is 5.32 Å². The molecule has 0 spiro atoms. The number of hydrogen-bond acceptors (Lipinski definition) is 3. The summed E-state index contributed by atoms with van der Waals surface area (Å²) in [5.74, 6) is 1.35. The molecule has 0 bridgehead atoms. The predicted molar refractivity (Wildman–Crippen MR) is 55.3 cm³/mol. The number of nitrogens with one attached hydrogen (secondary N) is 1. The van der Waals surface area contributed by atoms with Crippen LogP contribution in [0.4, 0.5) is 5.82 Å². The molecule has 4 heteroatoms. The van der Waals surface area contributed by atoms with Crippen LogP contribution in [0.3, 0.4) is 0 Å². The van der Waals surface area contributed by atoms with Crippen LogP contribution < -0.4 is 5.32 Å². The van der Waals surface area contributed by atoms with E-state index in [1.165, 1.54) is 0 Å². The van der Waals surface area contributed by atoms with E-state index in [-0.39, 0.29) is 6.04 Å². The first kappa shape index (κ1) is 10.3. The summed E-state index contributed by atoms with van der Waals surface area (Å²) < 4.78 is 0. The van der Waals surface area contributed by atoms with Crippen LogP contribution in [-0.4, -0.2) is 21.9 Å². The first-order valence-corrected chi connectivity index (χ1v) is 4.79. The van der Waals surface area contributed by atoms with Crippen molar-refractivity contribution >= 4 is 17.4 Å². The molecule has 0 aromatic carbocycles. The molecule has 1 aromatic heterocycles. The maximum atomic E-state index is 5.66. The average molecular weight is 200 g/mol. The summed E-state index contributed by atoms with van der Waals surface area (Å²) in [5.41, 5.74) is 1.91. The Kier molecular flexibility index (Phi) is 3.48. The van der Waals surface area contributed by atoms with Crippen molar-refractivity contribution in [3.8, 4) is 0 Å². The molecule has 0 saturated carbocycles. The molecule has 3 nitrogen and oxygen atoms in total. The summed E-state index contributed by atoms with van der Waals surface area (Å²) in [4.78, 5) is 8.53. The van der Waals surface area contributed by atoms with Gasteiger partial charge in [0.05, 0.1) is 17.6 Å². The molecular weight excluding hydrogens is 186 g/mol. The van der Waals surface area contributed by atoms with Gasteiger partial charge in [0.25, 0.3) is 0 Å². The first-order chi connectivity index (χ1) is 6.13. The third-order valence-electron chi connectivity index (χ3n) is 1.82. The van der Waals surface area contributed by atoms with E-state index in [1.807, 2.05) is 20.8 Å². The molecule has 0 aliphatic rings. The minimum Gasteiger partial charge on any atom is -0.365 e. The number of aryl methyl sites for hydroxylation is 2. The van der Waals surface area contributed by atoms with Crippen LogP contribution in [0, 0.1) is 13.8 Å². The molecule has 1 N–H and O–H groups in total. The lowest BCUT2D eigenvalue weighted by Gasteiger charge is -2.11. The third-order valence-corrected chi connectivity index (χ3v) is 2.28. The van der Waals surface area contributed by atoms with Gasteiger partial charge in [-0.15, -0.1) is 11.6 Å². The summed E-state index contributed by atoms with van der Waals surface area (Å²) in [6.45, 7) is 5.89. The molecule has 1 unspecified atom stereocenters. The quantitative estimate of drug-likeness (QED) is 0.758. The molecule has 0 aliphatic carbocycles. The molecule has 0 saturated heterocycles. The lowest BCUT2D eigenvalue weighted by molar-refractivity contribution is 0.885. The Labute approximate surface area is 83.5 Å². The minimum absolute atomic E-state index is 0.220. The van der Waals surface area contributed by atoms with Crippen LogP contribution in [-0.2, 0) is 0 Å². The normalized spacial score (nSPS) is 12.6. The molecule has 1 aromatic rings. The van der Waals surface area contributed by atoms with E-state index < -0.39 is 0 Å². The third kappa shape index (κ3) is 2.84. The molecule has 13 heavy (non-hydrogen) atoms. The fraction of sp³-hybridized carbons (Fsp3) is 0.556. The van der Waals surface area contributed by atoms with Crippen molar-refractivity contribution in [2.24, 2.45) is 0 Å². The largest absolute Gasteiger partial charge is 0.365 e. The molecule has 1 heterocycles. The number of aromatic nitrogens is 2. The van der Waals surface area contributed by atoms with Crippen molar-refractivity contribution in [1.82, 2.24) is 9.97 Å². The van der Waals surface area contributed by atoms with E-state index in [1.54, 1.807) is 6.20 Å². The fourth-order valence-electron chi connectivity index (χ4n) is 0.902. The summed E-state index contributed by atoms with van der Waals surface area (Å²) in [7, 11) is 0. The number of hydrogen-bond donors (Lipinski definition) is 1. The summed E-state index contributed by atoms with van der Waals surface area (Å²) in [5, 5.41) is 3.15. The fourth-order valence-corrected chi connectivity index (χ4v) is 0.980. The van der Waals surface area contributed by atoms with Crippen molar-refractivity contribution in [1.29, 1.82) is 0 Å². The lowest BCUT2D eigenvalue weighted by atomic mass is 10.3. The highest BCUT2D eigenvalue weighted by atomic mass is 35.5. The minimum atomic E-state index is 0.220. The van der Waals surface area contributed by atoms with Gasteiger partial charge in [-0.2, -0.15) is 0 Å². The molecule has 1 atom stereocenters. The molecule has 0 fully saturated rings. The maximum Gasteiger partial charge on any atom is 0.145 e. The Hall–Kier alpha value is -0.830. The van der Waals surface area contributed by atoms with Gasteiger partial charge in [-0.25, -0.2) is 4.98 Å². The lowest BCUT2D eigenvalue weighted by Crippen LogP contribution is -2.18. The van der Waals surface area contributed by atoms with Crippen LogP contribution >= 0.6 is 11.6 Å². The molecule has 1 rings (SSSR count). The highest BCUT2D eigenvalue weighted by Crippen LogP contribution is 2.07. The first-order valence-electron chi connectivity index (χ1n) is 4.26. The van der Waals surface area contributed by atoms with Gasteiger partial charge in [0.1, 0.15) is 5.82 Å². The number of rotatable bonds is 3. The zero-order valence-corrected chi connectivity index (χ0v) is 8.89. The summed E-state index contributed by atoms with van der Waals surface area (Å²) >= 11 is 5.66. The van der Waals surface area contributed by atoms with Gasteiger partial charge in [0, 0.05) is 11.9 Å². The van der Waals surface area contributed by atoms with Crippen LogP contribution in [0.1, 0.15) is 18.3 Å². The average Bonchev–Trinajstić information content (AvgIpc) is 2.11. The van der Waals surface area contributed by atoms with Gasteiger partial charge in [-0.1, -0.05) is 0 Å². The molecular formula is C9H14ClN3. The van der Waals surface area contributed by atoms with Crippen LogP contribution in [0.2, 0.25) is 0 Å². The van der Waals surface area contributed by atoms with E-state index in [2.05, 4.69) is 15.3 Å². The summed E-state index contributed by atoms with van der Waals surface area (Å²) in [6.07, 6.45) is 1.73. The van der Waals surface area contributed by atoms with Gasteiger partial charge >= 0.3 is 0 Å². The van der Waals surface area contributed by atoms with Gasteiger partial charge in [0.2, 0.25) is 0 Å². The van der Waals surface area contributed by atoms with Gasteiger partial charge in [-0.3, -0.25) is 4.98 Å². The van der Waals surface area contributed by atoms with Crippen LogP contribution in [0.5, 0.6) is 0 Å². The Bertz CT molecular complexity index is 288. The zero-order chi connectivity index (χ0) is 9.84. The van der Waals surface area contributed by atoms with Crippen molar-refractivity contribution in [2.45, 2.75) is 26.8 Å². The van der Waals surface area contributed by atoms with Gasteiger partial charge in [-0.05, 0) is 20.8 Å². The standard InChI is InChI=1S/C9H14ClN3/c1-6(4-10)12-9-5-11-7(2)8(3)13-9/h5-6H,4H2,1-3H3,(H,12,13). The smallest absolute Gasteiger partial charge is 0.145 e. The number of alkyl halides is 1. The molecule has 72 valence electrons. The SMILES string of the molecule is Cc1ncc(NC(C)CCl)nc1C. The van der Waals surface area contributed by atoms with Crippen molar-refractivity contribution < 1.29 is 0 Å². The second-order valence-electron chi connectivity index (χ2n) is 3.13. The van der Waals surface area contributed by atoms with E-state index in [4.69, 9.17) is 11.6 Å². The monoisotopic (exact) mass is 199 g/mol. The van der Waals surface area contributed by atoms with Crippen LogP contribution in [0.15, 0.2) is 6.20 Å². The van der Waals surface area contributed by atoms with E-state index in [0.717, 1.165) is 17.2 Å². The second-order valence-corrected chi connectivity index (χ2v) is 3.43. The highest BCUT2D eigenvalue weighted by Gasteiger charge is 2.02. The Balaban J connectivity index is 2.73. The second kappa shape index (κ2) is 4.42. The van der Waals surface area contributed by atoms with Gasteiger partial charge in [0.15, 0.2) is 0 Å². The Morgan fingerprint density at radius 3 is 2.69 bits per heavy atom. The molecule has 0 aliphatic heterocycles. The Morgan fingerprint density at radius 2 is 2.15 bits per heavy atom. The molecule has 0 amide bonds. The Morgan fingerprint density at radius 1 is 1.46 bits per heavy atom. The predicted octanol–water partition coefficient (Wildman–Crippen LogP) is 2.13. The number of halogens is 1. The van der Waals surface area contributed by atoms with Crippen LogP contribution in [0.25, 0.3) is 0 Å². The van der Waals surface area contributed by atoms with Crippen molar-refractivity contribution in [3.05, 3.63) is 17.6 Å².